The Kier molecular flexibility index (Phi) is 7.06. The van der Waals surface area contributed by atoms with Gasteiger partial charge in [0, 0.05) is 69.8 Å². The van der Waals surface area contributed by atoms with E-state index in [1.165, 1.54) is 41.7 Å². The van der Waals surface area contributed by atoms with Crippen LogP contribution in [0.25, 0.3) is 109 Å². The van der Waals surface area contributed by atoms with Gasteiger partial charge in [0.25, 0.3) is 0 Å². The van der Waals surface area contributed by atoms with E-state index in [2.05, 4.69) is 203 Å². The van der Waals surface area contributed by atoms with Crippen molar-refractivity contribution in [3.63, 3.8) is 0 Å². The molecule has 0 saturated carbocycles. The molecule has 8 aromatic carbocycles. The van der Waals surface area contributed by atoms with E-state index in [1.54, 1.807) is 11.3 Å². The highest BCUT2D eigenvalue weighted by Crippen LogP contribution is 2.41. The van der Waals surface area contributed by atoms with Crippen LogP contribution in [0.2, 0.25) is 0 Å². The van der Waals surface area contributed by atoms with Crippen LogP contribution in [0.4, 0.5) is 0 Å². The third-order valence-electron chi connectivity index (χ3n) is 11.3. The molecule has 4 aromatic heterocycles. The van der Waals surface area contributed by atoms with Gasteiger partial charge in [0.2, 0.25) is 0 Å². The van der Waals surface area contributed by atoms with Crippen LogP contribution >= 0.6 is 11.3 Å². The predicted octanol–water partition coefficient (Wildman–Crippen LogP) is 14.0. The highest BCUT2D eigenvalue weighted by molar-refractivity contribution is 7.26. The average molecular weight is 745 g/mol. The molecule has 0 bridgehead atoms. The zero-order valence-corrected chi connectivity index (χ0v) is 31.5. The van der Waals surface area contributed by atoms with Crippen LogP contribution in [0, 0.1) is 0 Å². The first kappa shape index (κ1) is 32.0. The van der Waals surface area contributed by atoms with Gasteiger partial charge in [-0.2, -0.15) is 0 Å². The van der Waals surface area contributed by atoms with Gasteiger partial charge in [-0.15, -0.1) is 11.3 Å². The van der Waals surface area contributed by atoms with Gasteiger partial charge in [0.1, 0.15) is 0 Å². The second-order valence-electron chi connectivity index (χ2n) is 14.6. The minimum Gasteiger partial charge on any atom is -0.309 e. The Morgan fingerprint density at radius 3 is 1.37 bits per heavy atom. The summed E-state index contributed by atoms with van der Waals surface area (Å²) in [5.41, 5.74) is 11.6. The summed E-state index contributed by atoms with van der Waals surface area (Å²) in [6, 6.07) is 69.6. The molecule has 0 N–H and O–H groups in total. The lowest BCUT2D eigenvalue weighted by molar-refractivity contribution is 1.13. The van der Waals surface area contributed by atoms with Crippen molar-refractivity contribution in [1.29, 1.82) is 0 Å². The Hall–Kier alpha value is -7.34. The molecule has 266 valence electrons. The Balaban J connectivity index is 1.18. The highest BCUT2D eigenvalue weighted by Gasteiger charge is 2.20. The Morgan fingerprint density at radius 1 is 0.351 bits per heavy atom. The number of fused-ring (bicyclic) bond motifs is 9. The van der Waals surface area contributed by atoms with E-state index < -0.39 is 0 Å². The average Bonchev–Trinajstić information content (AvgIpc) is 3.94. The first-order valence-electron chi connectivity index (χ1n) is 19.2. The minimum atomic E-state index is 0.712. The zero-order valence-electron chi connectivity index (χ0n) is 30.7. The van der Waals surface area contributed by atoms with Gasteiger partial charge in [0.05, 0.1) is 33.5 Å². The molecule has 0 unspecified atom stereocenters. The first-order valence-corrected chi connectivity index (χ1v) is 20.1. The normalized spacial score (nSPS) is 11.9. The molecule has 57 heavy (non-hydrogen) atoms. The van der Waals surface area contributed by atoms with E-state index in [-0.39, 0.29) is 0 Å². The number of thiophene rings is 1. The van der Waals surface area contributed by atoms with E-state index >= 15 is 0 Å². The fourth-order valence-electron chi connectivity index (χ4n) is 8.80. The molecule has 5 heteroatoms. The second-order valence-corrected chi connectivity index (χ2v) is 15.6. The molecule has 0 aliphatic heterocycles. The number of benzene rings is 8. The topological polar surface area (TPSA) is 35.6 Å². The summed E-state index contributed by atoms with van der Waals surface area (Å²) >= 11 is 1.81. The predicted molar refractivity (Wildman–Crippen MR) is 240 cm³/mol. The summed E-state index contributed by atoms with van der Waals surface area (Å²) in [5.74, 6) is 0.712. The lowest BCUT2D eigenvalue weighted by Crippen LogP contribution is -2.01. The van der Waals surface area contributed by atoms with Crippen LogP contribution in [0.1, 0.15) is 0 Å². The van der Waals surface area contributed by atoms with Gasteiger partial charge in [-0.3, -0.25) is 0 Å². The van der Waals surface area contributed by atoms with Crippen LogP contribution < -0.4 is 0 Å². The second kappa shape index (κ2) is 12.6. The molecule has 12 aromatic rings. The number of aromatic nitrogens is 4. The van der Waals surface area contributed by atoms with Gasteiger partial charge in [-0.05, 0) is 60.7 Å². The first-order chi connectivity index (χ1) is 28.3. The summed E-state index contributed by atoms with van der Waals surface area (Å²) in [7, 11) is 0. The Morgan fingerprint density at radius 2 is 0.807 bits per heavy atom. The number of para-hydroxylation sites is 4. The fraction of sp³-hybridized carbons (Fsp3) is 0. The SMILES string of the molecule is c1ccc(-c2cc(-c3cc(-n4c5ccccc5c5ccccc54)cc(-n4c5ccccc5c5ccccc54)c3)nc(-c3cccc4c3sc3ccccc34)n2)cc1. The molecule has 4 heterocycles. The van der Waals surface area contributed by atoms with Gasteiger partial charge < -0.3 is 9.13 Å². The fourth-order valence-corrected chi connectivity index (χ4v) is 10.0. The molecular weight excluding hydrogens is 713 g/mol. The molecule has 0 aliphatic rings. The van der Waals surface area contributed by atoms with Crippen molar-refractivity contribution < 1.29 is 0 Å². The van der Waals surface area contributed by atoms with Crippen molar-refractivity contribution >= 4 is 75.1 Å². The molecule has 0 atom stereocenters. The monoisotopic (exact) mass is 744 g/mol. The molecule has 0 amide bonds. The number of nitrogens with zero attached hydrogens (tertiary/aromatic N) is 4. The van der Waals surface area contributed by atoms with E-state index in [9.17, 15) is 0 Å². The summed E-state index contributed by atoms with van der Waals surface area (Å²) in [4.78, 5) is 10.8. The van der Waals surface area contributed by atoms with Crippen molar-refractivity contribution in [2.24, 2.45) is 0 Å². The summed E-state index contributed by atoms with van der Waals surface area (Å²) < 4.78 is 7.27. The van der Waals surface area contributed by atoms with Crippen LogP contribution in [-0.4, -0.2) is 19.1 Å². The minimum absolute atomic E-state index is 0.712. The van der Waals surface area contributed by atoms with E-state index in [1.807, 2.05) is 0 Å². The molecular formula is C52H32N4S. The van der Waals surface area contributed by atoms with E-state index in [0.29, 0.717) is 5.82 Å². The molecule has 12 rings (SSSR count). The summed E-state index contributed by atoms with van der Waals surface area (Å²) in [5, 5.41) is 7.39. The quantitative estimate of drug-likeness (QED) is 0.176. The van der Waals surface area contributed by atoms with E-state index in [4.69, 9.17) is 9.97 Å². The lowest BCUT2D eigenvalue weighted by atomic mass is 10.0. The summed E-state index contributed by atoms with van der Waals surface area (Å²) in [6.07, 6.45) is 0. The molecule has 0 fully saturated rings. The third kappa shape index (κ3) is 4.99. The smallest absolute Gasteiger partial charge is 0.161 e. The van der Waals surface area contributed by atoms with Crippen LogP contribution in [0.3, 0.4) is 0 Å². The van der Waals surface area contributed by atoms with Gasteiger partial charge >= 0.3 is 0 Å². The van der Waals surface area contributed by atoms with Gasteiger partial charge in [0.15, 0.2) is 5.82 Å². The zero-order chi connectivity index (χ0) is 37.5. The van der Waals surface area contributed by atoms with Crippen molar-refractivity contribution in [1.82, 2.24) is 19.1 Å². The maximum Gasteiger partial charge on any atom is 0.161 e. The molecule has 0 radical (unpaired) electrons. The third-order valence-corrected chi connectivity index (χ3v) is 12.5. The van der Waals surface area contributed by atoms with Crippen LogP contribution in [0.5, 0.6) is 0 Å². The molecule has 0 spiro atoms. The largest absolute Gasteiger partial charge is 0.309 e. The van der Waals surface area contributed by atoms with Crippen molar-refractivity contribution in [3.05, 3.63) is 194 Å². The summed E-state index contributed by atoms with van der Waals surface area (Å²) in [6.45, 7) is 0. The Labute approximate surface area is 332 Å². The molecule has 0 aliphatic carbocycles. The van der Waals surface area contributed by atoms with Crippen molar-refractivity contribution in [3.8, 4) is 45.3 Å². The van der Waals surface area contributed by atoms with Crippen LogP contribution in [-0.2, 0) is 0 Å². The maximum atomic E-state index is 5.49. The van der Waals surface area contributed by atoms with E-state index in [0.717, 1.165) is 61.5 Å². The highest BCUT2D eigenvalue weighted by atomic mass is 32.1. The number of hydrogen-bond donors (Lipinski definition) is 0. The standard InChI is InChI=1S/C52H32N4S/c1-2-15-33(16-3-1)44-32-45(54-52(53-44)43-23-14-22-42-41-21-8-13-28-50(41)57-51(42)43)34-29-35(55-46-24-9-4-17-37(46)38-18-5-10-25-47(38)55)31-36(30-34)56-48-26-11-6-19-39(48)40-20-7-12-27-49(40)56/h1-32H. The molecule has 4 nitrogen and oxygen atoms in total. The maximum absolute atomic E-state index is 5.49. The van der Waals surface area contributed by atoms with Crippen molar-refractivity contribution in [2.45, 2.75) is 0 Å². The van der Waals surface area contributed by atoms with Gasteiger partial charge in [-0.1, -0.05) is 133 Å². The number of rotatable bonds is 5. The van der Waals surface area contributed by atoms with Gasteiger partial charge in [-0.25, -0.2) is 9.97 Å². The molecule has 0 saturated heterocycles. The van der Waals surface area contributed by atoms with Crippen LogP contribution in [0.15, 0.2) is 194 Å². The lowest BCUT2D eigenvalue weighted by Gasteiger charge is -2.16. The van der Waals surface area contributed by atoms with Crippen molar-refractivity contribution in [2.75, 3.05) is 0 Å². The Bertz CT molecular complexity index is 3300. The number of hydrogen-bond acceptors (Lipinski definition) is 3.